The first-order valence-corrected chi connectivity index (χ1v) is 8.23. The fraction of sp³-hybridized carbons (Fsp3) is 0.250. The van der Waals surface area contributed by atoms with E-state index in [1.54, 1.807) is 5.30 Å². The van der Waals surface area contributed by atoms with E-state index in [-0.39, 0.29) is 7.92 Å². The van der Waals surface area contributed by atoms with Crippen LogP contribution in [0.15, 0.2) is 54.6 Å². The molecule has 2 N–H and O–H groups in total. The Labute approximate surface area is 111 Å². The lowest BCUT2D eigenvalue weighted by atomic mass is 10.2. The van der Waals surface area contributed by atoms with Crippen molar-refractivity contribution in [2.45, 2.75) is 13.1 Å². The Bertz CT molecular complexity index is 481. The van der Waals surface area contributed by atoms with Gasteiger partial charge in [-0.05, 0) is 30.0 Å². The number of benzene rings is 2. The zero-order chi connectivity index (χ0) is 12.8. The fourth-order valence-electron chi connectivity index (χ4n) is 2.19. The fourth-order valence-corrected chi connectivity index (χ4v) is 4.44. The predicted molar refractivity (Wildman–Crippen MR) is 81.2 cm³/mol. The first-order chi connectivity index (χ1) is 8.85. The molecule has 0 aliphatic rings. The van der Waals surface area contributed by atoms with Gasteiger partial charge < -0.3 is 5.32 Å². The van der Waals surface area contributed by atoms with Gasteiger partial charge in [0.25, 0.3) is 0 Å². The molecule has 0 heterocycles. The van der Waals surface area contributed by atoms with Crippen molar-refractivity contribution in [2.75, 3.05) is 13.2 Å². The largest absolute Gasteiger partial charge is 0.316 e. The van der Waals surface area contributed by atoms with E-state index in [0.717, 1.165) is 0 Å². The molecule has 18 heavy (non-hydrogen) atoms. The minimum atomic E-state index is -0.0877. The smallest absolute Gasteiger partial charge is 0.137 e. The number of hydrogen-bond donors (Lipinski definition) is 1. The molecule has 0 saturated carbocycles. The minimum Gasteiger partial charge on any atom is -0.316 e. The molecular formula is C16H21NP+. The van der Waals surface area contributed by atoms with Gasteiger partial charge in [-0.1, -0.05) is 57.3 Å². The summed E-state index contributed by atoms with van der Waals surface area (Å²) in [4.78, 5) is 0. The average molecular weight is 258 g/mol. The van der Waals surface area contributed by atoms with Crippen LogP contribution >= 0.6 is 7.92 Å². The molecule has 0 fully saturated rings. The highest BCUT2D eigenvalue weighted by molar-refractivity contribution is 7.65. The molecule has 0 saturated heterocycles. The number of nitrogens with two attached hydrogens (primary N) is 1. The summed E-state index contributed by atoms with van der Waals surface area (Å²) in [5.41, 5.74) is 2.86. The van der Waals surface area contributed by atoms with E-state index in [9.17, 15) is 0 Å². The quantitative estimate of drug-likeness (QED) is 0.627. The maximum absolute atomic E-state index is 2.31. The van der Waals surface area contributed by atoms with Crippen molar-refractivity contribution in [1.29, 1.82) is 0 Å². The van der Waals surface area contributed by atoms with Gasteiger partial charge in [-0.15, -0.1) is 0 Å². The molecule has 0 aromatic heterocycles. The second kappa shape index (κ2) is 6.68. The van der Waals surface area contributed by atoms with Gasteiger partial charge in [-0.25, -0.2) is 0 Å². The van der Waals surface area contributed by atoms with Gasteiger partial charge in [-0.3, -0.25) is 0 Å². The third-order valence-corrected chi connectivity index (χ3v) is 5.79. The molecule has 1 atom stereocenters. The molecule has 0 aliphatic carbocycles. The topological polar surface area (TPSA) is 16.6 Å². The van der Waals surface area contributed by atoms with E-state index in [1.807, 2.05) is 0 Å². The summed E-state index contributed by atoms with van der Waals surface area (Å²) in [5, 5.41) is 3.77. The summed E-state index contributed by atoms with van der Waals surface area (Å²) in [6.45, 7) is 2.31. The number of hydrogen-bond acceptors (Lipinski definition) is 0. The zero-order valence-corrected chi connectivity index (χ0v) is 12.0. The molecular weight excluding hydrogens is 237 g/mol. The van der Waals surface area contributed by atoms with Crippen molar-refractivity contribution in [2.24, 2.45) is 0 Å². The van der Waals surface area contributed by atoms with Crippen LogP contribution in [0.4, 0.5) is 5.69 Å². The van der Waals surface area contributed by atoms with Crippen LogP contribution in [0.25, 0.3) is 0 Å². The Hall–Kier alpha value is -1.17. The summed E-state index contributed by atoms with van der Waals surface area (Å²) in [6.07, 6.45) is 2.44. The molecule has 0 spiro atoms. The van der Waals surface area contributed by atoms with Gasteiger partial charge in [0.05, 0.1) is 7.05 Å². The van der Waals surface area contributed by atoms with Crippen LogP contribution in [0.1, 0.15) is 12.5 Å². The lowest BCUT2D eigenvalue weighted by molar-refractivity contribution is -0.538. The van der Waals surface area contributed by atoms with Gasteiger partial charge in [0.2, 0.25) is 0 Å². The van der Waals surface area contributed by atoms with E-state index >= 15 is 0 Å². The van der Waals surface area contributed by atoms with Crippen LogP contribution < -0.4 is 10.6 Å². The molecule has 2 rings (SSSR count). The van der Waals surface area contributed by atoms with Crippen molar-refractivity contribution in [3.8, 4) is 0 Å². The van der Waals surface area contributed by atoms with Crippen LogP contribution in [-0.4, -0.2) is 13.2 Å². The van der Waals surface area contributed by atoms with Crippen molar-refractivity contribution in [3.63, 3.8) is 0 Å². The highest BCUT2D eigenvalue weighted by Crippen LogP contribution is 2.39. The molecule has 0 bridgehead atoms. The zero-order valence-electron chi connectivity index (χ0n) is 11.1. The lowest BCUT2D eigenvalue weighted by Crippen LogP contribution is -2.74. The SMILES string of the molecule is CCP(Cc1ccccc1)c1ccccc1[NH2+]C. The molecule has 0 amide bonds. The molecule has 0 aliphatic heterocycles. The maximum Gasteiger partial charge on any atom is 0.137 e. The van der Waals surface area contributed by atoms with Crippen LogP contribution in [0.2, 0.25) is 0 Å². The summed E-state index contributed by atoms with van der Waals surface area (Å²) in [6, 6.07) is 19.7. The molecule has 2 heteroatoms. The lowest BCUT2D eigenvalue weighted by Gasteiger charge is -2.17. The summed E-state index contributed by atoms with van der Waals surface area (Å²) < 4.78 is 0. The van der Waals surface area contributed by atoms with Gasteiger partial charge in [0.15, 0.2) is 0 Å². The minimum absolute atomic E-state index is 0.0877. The van der Waals surface area contributed by atoms with E-state index in [0.29, 0.717) is 0 Å². The van der Waals surface area contributed by atoms with Gasteiger partial charge in [-0.2, -0.15) is 0 Å². The second-order valence-corrected chi connectivity index (χ2v) is 6.86. The number of rotatable bonds is 5. The molecule has 0 radical (unpaired) electrons. The molecule has 2 aromatic rings. The van der Waals surface area contributed by atoms with Gasteiger partial charge >= 0.3 is 0 Å². The third kappa shape index (κ3) is 3.19. The van der Waals surface area contributed by atoms with Crippen molar-refractivity contribution < 1.29 is 5.32 Å². The Kier molecular flexibility index (Phi) is 4.92. The van der Waals surface area contributed by atoms with Crippen LogP contribution in [-0.2, 0) is 6.16 Å². The first kappa shape index (κ1) is 13.3. The predicted octanol–water partition coefficient (Wildman–Crippen LogP) is 2.84. The van der Waals surface area contributed by atoms with Crippen LogP contribution in [0, 0.1) is 0 Å². The van der Waals surface area contributed by atoms with Crippen molar-refractivity contribution in [1.82, 2.24) is 0 Å². The van der Waals surface area contributed by atoms with E-state index in [2.05, 4.69) is 73.9 Å². The molecule has 94 valence electrons. The van der Waals surface area contributed by atoms with Crippen LogP contribution in [0.3, 0.4) is 0 Å². The molecule has 1 unspecified atom stereocenters. The first-order valence-electron chi connectivity index (χ1n) is 6.52. The van der Waals surface area contributed by atoms with Gasteiger partial charge in [0, 0.05) is 5.30 Å². The van der Waals surface area contributed by atoms with E-state index < -0.39 is 0 Å². The highest BCUT2D eigenvalue weighted by atomic mass is 31.1. The van der Waals surface area contributed by atoms with Crippen molar-refractivity contribution in [3.05, 3.63) is 60.2 Å². The highest BCUT2D eigenvalue weighted by Gasteiger charge is 2.14. The average Bonchev–Trinajstić information content (AvgIpc) is 2.46. The Morgan fingerprint density at radius 3 is 2.28 bits per heavy atom. The van der Waals surface area contributed by atoms with Crippen molar-refractivity contribution >= 4 is 18.9 Å². The molecule has 1 nitrogen and oxygen atoms in total. The normalized spacial score (nSPS) is 12.3. The summed E-state index contributed by atoms with van der Waals surface area (Å²) in [7, 11) is 2.04. The molecule has 2 aromatic carbocycles. The summed E-state index contributed by atoms with van der Waals surface area (Å²) in [5.74, 6) is 0. The Morgan fingerprint density at radius 1 is 0.944 bits per heavy atom. The summed E-state index contributed by atoms with van der Waals surface area (Å²) >= 11 is 0. The maximum atomic E-state index is 2.31. The number of para-hydroxylation sites is 1. The van der Waals surface area contributed by atoms with E-state index in [1.165, 1.54) is 23.6 Å². The van der Waals surface area contributed by atoms with E-state index in [4.69, 9.17) is 0 Å². The Balaban J connectivity index is 2.23. The van der Waals surface area contributed by atoms with Crippen LogP contribution in [0.5, 0.6) is 0 Å². The third-order valence-electron chi connectivity index (χ3n) is 3.19. The number of quaternary nitrogens is 1. The van der Waals surface area contributed by atoms with Gasteiger partial charge in [0.1, 0.15) is 5.69 Å². The second-order valence-electron chi connectivity index (χ2n) is 4.35. The Morgan fingerprint density at radius 2 is 1.61 bits per heavy atom. The monoisotopic (exact) mass is 258 g/mol. The standard InChI is InChI=1S/C16H20NP/c1-3-18(13-14-9-5-4-6-10-14)16-12-8-7-11-15(16)17-2/h4-12,17H,3,13H2,1-2H3/p+1.